The number of fused-ring (bicyclic) bond motifs is 1. The fourth-order valence-electron chi connectivity index (χ4n) is 2.80. The van der Waals surface area contributed by atoms with E-state index in [9.17, 15) is 4.79 Å². The molecule has 1 N–H and O–H groups in total. The number of carbonyl (C=O) groups excluding carboxylic acids is 1. The van der Waals surface area contributed by atoms with Crippen molar-refractivity contribution in [2.75, 3.05) is 5.32 Å². The summed E-state index contributed by atoms with van der Waals surface area (Å²) in [4.78, 5) is 18.0. The van der Waals surface area contributed by atoms with E-state index in [0.717, 1.165) is 18.0 Å². The van der Waals surface area contributed by atoms with Crippen molar-refractivity contribution in [2.24, 2.45) is 0 Å². The second-order valence-electron chi connectivity index (χ2n) is 5.89. The smallest absolute Gasteiger partial charge is 0.247 e. The summed E-state index contributed by atoms with van der Waals surface area (Å²) in [6, 6.07) is 0. The van der Waals surface area contributed by atoms with Crippen LogP contribution in [-0.4, -0.2) is 20.7 Å². The molecule has 0 unspecified atom stereocenters. The first-order valence-corrected chi connectivity index (χ1v) is 8.40. The molecule has 0 bridgehead atoms. The molecule has 1 fully saturated rings. The van der Waals surface area contributed by atoms with Gasteiger partial charge in [0, 0.05) is 11.1 Å². The van der Waals surface area contributed by atoms with Crippen molar-refractivity contribution in [1.29, 1.82) is 0 Å². The van der Waals surface area contributed by atoms with Gasteiger partial charge in [0.25, 0.3) is 0 Å². The molecule has 1 saturated carbocycles. The van der Waals surface area contributed by atoms with Gasteiger partial charge < -0.3 is 5.32 Å². The van der Waals surface area contributed by atoms with Crippen molar-refractivity contribution in [3.05, 3.63) is 28.5 Å². The van der Waals surface area contributed by atoms with Crippen molar-refractivity contribution in [3.63, 3.8) is 0 Å². The first kappa shape index (κ1) is 13.0. The molecule has 21 heavy (non-hydrogen) atoms. The van der Waals surface area contributed by atoms with Gasteiger partial charge in [-0.2, -0.15) is 5.10 Å². The molecule has 2 aliphatic rings. The number of thiazole rings is 1. The van der Waals surface area contributed by atoms with Crippen LogP contribution < -0.4 is 5.32 Å². The normalized spacial score (nSPS) is 17.5. The van der Waals surface area contributed by atoms with Gasteiger partial charge >= 0.3 is 0 Å². The van der Waals surface area contributed by atoms with Crippen LogP contribution in [0.15, 0.2) is 12.4 Å². The van der Waals surface area contributed by atoms with Crippen LogP contribution in [0.1, 0.15) is 47.7 Å². The molecule has 2 aliphatic carbocycles. The maximum atomic E-state index is 12.1. The Labute approximate surface area is 127 Å². The highest BCUT2D eigenvalue weighted by molar-refractivity contribution is 7.15. The lowest BCUT2D eigenvalue weighted by Gasteiger charge is -2.06. The molecule has 2 aromatic rings. The first-order valence-electron chi connectivity index (χ1n) is 7.59. The van der Waals surface area contributed by atoms with E-state index in [1.54, 1.807) is 16.0 Å². The van der Waals surface area contributed by atoms with Crippen LogP contribution in [-0.2, 0) is 24.2 Å². The lowest BCUT2D eigenvalue weighted by Crippen LogP contribution is -2.18. The number of anilines is 1. The van der Waals surface area contributed by atoms with Gasteiger partial charge in [-0.15, -0.1) is 11.3 Å². The van der Waals surface area contributed by atoms with E-state index in [1.807, 2.05) is 12.4 Å². The Balaban J connectivity index is 1.39. The Morgan fingerprint density at radius 1 is 1.38 bits per heavy atom. The fraction of sp³-hybridized carbons (Fsp3) is 0.533. The maximum absolute atomic E-state index is 12.1. The van der Waals surface area contributed by atoms with E-state index in [4.69, 9.17) is 0 Å². The highest BCUT2D eigenvalue weighted by Gasteiger charge is 2.25. The zero-order valence-corrected chi connectivity index (χ0v) is 12.7. The van der Waals surface area contributed by atoms with Gasteiger partial charge in [0.15, 0.2) is 5.13 Å². The van der Waals surface area contributed by atoms with Crippen molar-refractivity contribution < 1.29 is 4.79 Å². The van der Waals surface area contributed by atoms with E-state index >= 15 is 0 Å². The number of hydrogen-bond donors (Lipinski definition) is 1. The molecule has 2 aromatic heterocycles. The molecule has 0 saturated heterocycles. The van der Waals surface area contributed by atoms with E-state index in [0.29, 0.717) is 5.92 Å². The molecule has 0 spiro atoms. The van der Waals surface area contributed by atoms with Gasteiger partial charge in [0.05, 0.1) is 11.9 Å². The minimum Gasteiger partial charge on any atom is -0.300 e. The van der Waals surface area contributed by atoms with E-state index in [-0.39, 0.29) is 12.5 Å². The predicted octanol–water partition coefficient (Wildman–Crippen LogP) is 2.73. The highest BCUT2D eigenvalue weighted by Crippen LogP contribution is 2.39. The molecule has 0 atom stereocenters. The molecule has 0 aliphatic heterocycles. The number of nitrogens with zero attached hydrogens (tertiary/aromatic N) is 3. The molecule has 5 nitrogen and oxygen atoms in total. The minimum atomic E-state index is -0.0495. The van der Waals surface area contributed by atoms with Crippen LogP contribution in [0.2, 0.25) is 0 Å². The Bertz CT molecular complexity index is 648. The molecule has 1 amide bonds. The first-order chi connectivity index (χ1) is 10.3. The summed E-state index contributed by atoms with van der Waals surface area (Å²) in [6.07, 6.45) is 11.0. The number of rotatable bonds is 4. The summed E-state index contributed by atoms with van der Waals surface area (Å²) in [7, 11) is 0. The molecule has 6 heteroatoms. The van der Waals surface area contributed by atoms with Crippen LogP contribution in [0.5, 0.6) is 0 Å². The summed E-state index contributed by atoms with van der Waals surface area (Å²) >= 11 is 1.62. The van der Waals surface area contributed by atoms with Crippen LogP contribution in [0, 0.1) is 0 Å². The van der Waals surface area contributed by atoms with Crippen LogP contribution in [0.3, 0.4) is 0 Å². The molecular weight excluding hydrogens is 284 g/mol. The predicted molar refractivity (Wildman–Crippen MR) is 81.6 cm³/mol. The molecular formula is C15H18N4OS. The molecule has 2 heterocycles. The van der Waals surface area contributed by atoms with E-state index < -0.39 is 0 Å². The molecule has 0 aromatic carbocycles. The lowest BCUT2D eigenvalue weighted by atomic mass is 10.0. The number of nitrogens with one attached hydrogen (secondary N) is 1. The average Bonchev–Trinajstić information content (AvgIpc) is 3.08. The zero-order valence-electron chi connectivity index (χ0n) is 11.8. The van der Waals surface area contributed by atoms with Crippen LogP contribution in [0.25, 0.3) is 0 Å². The highest BCUT2D eigenvalue weighted by atomic mass is 32.1. The van der Waals surface area contributed by atoms with Crippen molar-refractivity contribution in [1.82, 2.24) is 14.8 Å². The molecule has 4 rings (SSSR count). The standard InChI is InChI=1S/C15H18N4OS/c20-14(9-19-8-11(7-16-19)10-5-6-10)18-15-17-12-3-1-2-4-13(12)21-15/h7-8,10H,1-6,9H2,(H,17,18,20). The van der Waals surface area contributed by atoms with Crippen LogP contribution >= 0.6 is 11.3 Å². The van der Waals surface area contributed by atoms with Gasteiger partial charge in [0.1, 0.15) is 6.54 Å². The third-order valence-corrected chi connectivity index (χ3v) is 5.17. The summed E-state index contributed by atoms with van der Waals surface area (Å²) in [5.74, 6) is 0.624. The summed E-state index contributed by atoms with van der Waals surface area (Å²) in [5.41, 5.74) is 2.43. The number of carbonyl (C=O) groups is 1. The van der Waals surface area contributed by atoms with Gasteiger partial charge in [-0.1, -0.05) is 0 Å². The summed E-state index contributed by atoms with van der Waals surface area (Å²) in [6.45, 7) is 0.261. The second kappa shape index (κ2) is 5.26. The average molecular weight is 302 g/mol. The second-order valence-corrected chi connectivity index (χ2v) is 6.97. The topological polar surface area (TPSA) is 59.8 Å². The Hall–Kier alpha value is -1.69. The van der Waals surface area contributed by atoms with Crippen molar-refractivity contribution in [3.8, 4) is 0 Å². The minimum absolute atomic E-state index is 0.0495. The quantitative estimate of drug-likeness (QED) is 0.944. The summed E-state index contributed by atoms with van der Waals surface area (Å²) < 4.78 is 1.72. The zero-order chi connectivity index (χ0) is 14.2. The van der Waals surface area contributed by atoms with Crippen molar-refractivity contribution in [2.45, 2.75) is 51.0 Å². The third kappa shape index (κ3) is 2.85. The Morgan fingerprint density at radius 3 is 3.05 bits per heavy atom. The van der Waals surface area contributed by atoms with E-state index in [2.05, 4.69) is 15.4 Å². The van der Waals surface area contributed by atoms with Crippen molar-refractivity contribution >= 4 is 22.4 Å². The van der Waals surface area contributed by atoms with E-state index in [1.165, 1.54) is 41.8 Å². The largest absolute Gasteiger partial charge is 0.300 e. The lowest BCUT2D eigenvalue weighted by molar-refractivity contribution is -0.116. The number of aromatic nitrogens is 3. The SMILES string of the molecule is O=C(Cn1cc(C2CC2)cn1)Nc1nc2c(s1)CCCC2. The Morgan fingerprint density at radius 2 is 2.24 bits per heavy atom. The number of amides is 1. The molecule has 110 valence electrons. The number of hydrogen-bond acceptors (Lipinski definition) is 4. The van der Waals surface area contributed by atoms with Gasteiger partial charge in [-0.25, -0.2) is 4.98 Å². The Kier molecular flexibility index (Phi) is 3.25. The fourth-order valence-corrected chi connectivity index (χ4v) is 3.87. The number of aryl methyl sites for hydroxylation is 2. The monoisotopic (exact) mass is 302 g/mol. The van der Waals surface area contributed by atoms with Gasteiger partial charge in [-0.3, -0.25) is 9.48 Å². The van der Waals surface area contributed by atoms with Gasteiger partial charge in [-0.05, 0) is 50.0 Å². The maximum Gasteiger partial charge on any atom is 0.247 e. The van der Waals surface area contributed by atoms with Crippen LogP contribution in [0.4, 0.5) is 5.13 Å². The van der Waals surface area contributed by atoms with Gasteiger partial charge in [0.2, 0.25) is 5.91 Å². The molecule has 0 radical (unpaired) electrons. The summed E-state index contributed by atoms with van der Waals surface area (Å²) in [5, 5.41) is 7.91. The third-order valence-electron chi connectivity index (χ3n) is 4.10.